The van der Waals surface area contributed by atoms with Crippen molar-refractivity contribution >= 4 is 17.8 Å². The summed E-state index contributed by atoms with van der Waals surface area (Å²) in [6.07, 6.45) is 5.31. The van der Waals surface area contributed by atoms with Gasteiger partial charge in [0.15, 0.2) is 6.61 Å². The standard InChI is InChI=1S/C18H23FN2O4/c19-15-9-5-4-8-14(15)18(24)20-12-17(23)25-13-16(22)21-10-6-2-1-3-7-11-21/h4-5,8-9H,1-3,6-7,10-13H2,(H,20,24). The Bertz CT molecular complexity index is 613. The Labute approximate surface area is 146 Å². The minimum Gasteiger partial charge on any atom is -0.454 e. The second kappa shape index (κ2) is 9.76. The Hall–Kier alpha value is -2.44. The van der Waals surface area contributed by atoms with Gasteiger partial charge in [-0.15, -0.1) is 0 Å². The highest BCUT2D eigenvalue weighted by Crippen LogP contribution is 2.10. The molecule has 0 radical (unpaired) electrons. The zero-order valence-electron chi connectivity index (χ0n) is 14.1. The molecule has 2 amide bonds. The first-order chi connectivity index (χ1) is 12.1. The van der Waals surface area contributed by atoms with Crippen LogP contribution in [0.3, 0.4) is 0 Å². The number of hydrogen-bond acceptors (Lipinski definition) is 4. The predicted molar refractivity (Wildman–Crippen MR) is 89.4 cm³/mol. The zero-order valence-corrected chi connectivity index (χ0v) is 14.1. The monoisotopic (exact) mass is 350 g/mol. The van der Waals surface area contributed by atoms with E-state index in [9.17, 15) is 18.8 Å². The topological polar surface area (TPSA) is 75.7 Å². The van der Waals surface area contributed by atoms with E-state index in [1.54, 1.807) is 4.90 Å². The molecule has 0 atom stereocenters. The van der Waals surface area contributed by atoms with E-state index >= 15 is 0 Å². The molecule has 0 aromatic heterocycles. The lowest BCUT2D eigenvalue weighted by Crippen LogP contribution is -2.38. The van der Waals surface area contributed by atoms with Crippen LogP contribution >= 0.6 is 0 Å². The van der Waals surface area contributed by atoms with Crippen molar-refractivity contribution < 1.29 is 23.5 Å². The van der Waals surface area contributed by atoms with Crippen molar-refractivity contribution in [2.75, 3.05) is 26.2 Å². The number of benzene rings is 1. The van der Waals surface area contributed by atoms with E-state index in [0.717, 1.165) is 31.7 Å². The number of hydrogen-bond donors (Lipinski definition) is 1. The number of halogens is 1. The maximum atomic E-state index is 13.5. The van der Waals surface area contributed by atoms with Gasteiger partial charge < -0.3 is 15.0 Å². The number of carbonyl (C=O) groups is 3. The van der Waals surface area contributed by atoms with Gasteiger partial charge in [-0.1, -0.05) is 31.4 Å². The van der Waals surface area contributed by atoms with E-state index in [0.29, 0.717) is 13.1 Å². The first kappa shape index (κ1) is 18.9. The summed E-state index contributed by atoms with van der Waals surface area (Å²) in [7, 11) is 0. The molecule has 2 rings (SSSR count). The summed E-state index contributed by atoms with van der Waals surface area (Å²) in [6, 6.07) is 5.48. The molecule has 0 unspecified atom stereocenters. The molecule has 136 valence electrons. The number of carbonyl (C=O) groups excluding carboxylic acids is 3. The number of nitrogens with zero attached hydrogens (tertiary/aromatic N) is 1. The summed E-state index contributed by atoms with van der Waals surface area (Å²) < 4.78 is 18.4. The zero-order chi connectivity index (χ0) is 18.1. The SMILES string of the molecule is O=C(CNC(=O)c1ccccc1F)OCC(=O)N1CCCCCCC1. The summed E-state index contributed by atoms with van der Waals surface area (Å²) in [6.45, 7) is 0.607. The fourth-order valence-electron chi connectivity index (χ4n) is 2.67. The molecule has 1 heterocycles. The van der Waals surface area contributed by atoms with E-state index in [2.05, 4.69) is 5.32 Å². The van der Waals surface area contributed by atoms with Crippen molar-refractivity contribution in [3.05, 3.63) is 35.6 Å². The van der Waals surface area contributed by atoms with Gasteiger partial charge >= 0.3 is 5.97 Å². The lowest BCUT2D eigenvalue weighted by molar-refractivity contribution is -0.151. The Balaban J connectivity index is 1.72. The van der Waals surface area contributed by atoms with Crippen molar-refractivity contribution in [3.8, 4) is 0 Å². The smallest absolute Gasteiger partial charge is 0.325 e. The molecule has 0 spiro atoms. The van der Waals surface area contributed by atoms with Gasteiger partial charge in [-0.3, -0.25) is 14.4 Å². The minimum atomic E-state index is -0.731. The molecule has 25 heavy (non-hydrogen) atoms. The summed E-state index contributed by atoms with van der Waals surface area (Å²) in [5.74, 6) is -2.33. The van der Waals surface area contributed by atoms with Gasteiger partial charge in [-0.25, -0.2) is 4.39 Å². The normalized spacial score (nSPS) is 15.0. The van der Waals surface area contributed by atoms with Crippen LogP contribution in [-0.4, -0.2) is 48.9 Å². The quantitative estimate of drug-likeness (QED) is 0.823. The summed E-state index contributed by atoms with van der Waals surface area (Å²) in [5.41, 5.74) is -0.146. The molecule has 1 aliphatic heterocycles. The van der Waals surface area contributed by atoms with Crippen molar-refractivity contribution in [1.82, 2.24) is 10.2 Å². The van der Waals surface area contributed by atoms with Crippen molar-refractivity contribution in [2.45, 2.75) is 32.1 Å². The van der Waals surface area contributed by atoms with Crippen LogP contribution in [0.5, 0.6) is 0 Å². The number of likely N-dealkylation sites (tertiary alicyclic amines) is 1. The highest BCUT2D eigenvalue weighted by atomic mass is 19.1. The van der Waals surface area contributed by atoms with Crippen LogP contribution in [0.25, 0.3) is 0 Å². The summed E-state index contributed by atoms with van der Waals surface area (Å²) in [5, 5.41) is 2.28. The molecule has 1 aromatic carbocycles. The average molecular weight is 350 g/mol. The molecule has 0 saturated carbocycles. The van der Waals surface area contributed by atoms with Gasteiger partial charge in [-0.2, -0.15) is 0 Å². The second-order valence-electron chi connectivity index (χ2n) is 5.97. The average Bonchev–Trinajstić information content (AvgIpc) is 2.57. The van der Waals surface area contributed by atoms with Crippen molar-refractivity contribution in [2.24, 2.45) is 0 Å². The van der Waals surface area contributed by atoms with E-state index < -0.39 is 24.2 Å². The molecular weight excluding hydrogens is 327 g/mol. The molecule has 7 heteroatoms. The lowest BCUT2D eigenvalue weighted by Gasteiger charge is -2.24. The van der Waals surface area contributed by atoms with Gasteiger partial charge in [-0.05, 0) is 25.0 Å². The van der Waals surface area contributed by atoms with Crippen LogP contribution in [0.2, 0.25) is 0 Å². The van der Waals surface area contributed by atoms with Gasteiger partial charge in [0.1, 0.15) is 12.4 Å². The Morgan fingerprint density at radius 3 is 2.36 bits per heavy atom. The van der Waals surface area contributed by atoms with Gasteiger partial charge in [0.25, 0.3) is 11.8 Å². The second-order valence-corrected chi connectivity index (χ2v) is 5.97. The van der Waals surface area contributed by atoms with Crippen LogP contribution in [0.4, 0.5) is 4.39 Å². The molecule has 1 aliphatic rings. The fourth-order valence-corrected chi connectivity index (χ4v) is 2.67. The number of rotatable bonds is 5. The van der Waals surface area contributed by atoms with Gasteiger partial charge in [0.2, 0.25) is 0 Å². The highest BCUT2D eigenvalue weighted by Gasteiger charge is 2.17. The van der Waals surface area contributed by atoms with Crippen LogP contribution in [0.1, 0.15) is 42.5 Å². The molecular formula is C18H23FN2O4. The van der Waals surface area contributed by atoms with Crippen LogP contribution in [0.15, 0.2) is 24.3 Å². The summed E-state index contributed by atoms with van der Waals surface area (Å²) in [4.78, 5) is 37.3. The Morgan fingerprint density at radius 1 is 1.04 bits per heavy atom. The predicted octanol–water partition coefficient (Wildman–Crippen LogP) is 1.89. The molecule has 0 bridgehead atoms. The third-order valence-corrected chi connectivity index (χ3v) is 4.08. The Kier molecular flexibility index (Phi) is 7.37. The molecule has 1 saturated heterocycles. The van der Waals surface area contributed by atoms with Crippen LogP contribution in [-0.2, 0) is 14.3 Å². The molecule has 1 fully saturated rings. The molecule has 1 N–H and O–H groups in total. The third kappa shape index (κ3) is 6.17. The first-order valence-corrected chi connectivity index (χ1v) is 8.54. The number of ether oxygens (including phenoxy) is 1. The summed E-state index contributed by atoms with van der Waals surface area (Å²) >= 11 is 0. The van der Waals surface area contributed by atoms with E-state index in [4.69, 9.17) is 4.74 Å². The first-order valence-electron chi connectivity index (χ1n) is 8.54. The van der Waals surface area contributed by atoms with Gasteiger partial charge in [0.05, 0.1) is 5.56 Å². The minimum absolute atomic E-state index is 0.146. The number of esters is 1. The van der Waals surface area contributed by atoms with E-state index in [1.165, 1.54) is 24.6 Å². The maximum absolute atomic E-state index is 13.5. The van der Waals surface area contributed by atoms with Crippen molar-refractivity contribution in [3.63, 3.8) is 0 Å². The van der Waals surface area contributed by atoms with E-state index in [-0.39, 0.29) is 18.1 Å². The Morgan fingerprint density at radius 2 is 1.68 bits per heavy atom. The number of nitrogens with one attached hydrogen (secondary N) is 1. The highest BCUT2D eigenvalue weighted by molar-refractivity contribution is 5.96. The fraction of sp³-hybridized carbons (Fsp3) is 0.500. The third-order valence-electron chi connectivity index (χ3n) is 4.08. The van der Waals surface area contributed by atoms with E-state index in [1.807, 2.05) is 0 Å². The molecule has 1 aromatic rings. The van der Waals surface area contributed by atoms with Crippen LogP contribution < -0.4 is 5.32 Å². The molecule has 6 nitrogen and oxygen atoms in total. The van der Waals surface area contributed by atoms with Gasteiger partial charge in [0, 0.05) is 13.1 Å². The van der Waals surface area contributed by atoms with Crippen LogP contribution in [0, 0.1) is 5.82 Å². The maximum Gasteiger partial charge on any atom is 0.325 e. The lowest BCUT2D eigenvalue weighted by atomic mass is 10.1. The largest absolute Gasteiger partial charge is 0.454 e. The number of amides is 2. The van der Waals surface area contributed by atoms with Crippen molar-refractivity contribution in [1.29, 1.82) is 0 Å². The molecule has 0 aliphatic carbocycles.